The largest absolute Gasteiger partial charge is 0.370 e. The summed E-state index contributed by atoms with van der Waals surface area (Å²) >= 11 is 6.34. The molecule has 3 aliphatic heterocycles. The van der Waals surface area contributed by atoms with Crippen LogP contribution in [0.3, 0.4) is 0 Å². The highest BCUT2D eigenvalue weighted by molar-refractivity contribution is 6.33. The third kappa shape index (κ3) is 4.31. The Morgan fingerprint density at radius 2 is 1.77 bits per heavy atom. The van der Waals surface area contributed by atoms with E-state index >= 15 is 0 Å². The first-order valence-corrected chi connectivity index (χ1v) is 14.6. The van der Waals surface area contributed by atoms with Crippen LogP contribution in [0.5, 0.6) is 0 Å². The van der Waals surface area contributed by atoms with Crippen LogP contribution in [0.15, 0.2) is 55.0 Å². The lowest BCUT2D eigenvalue weighted by Crippen LogP contribution is -2.48. The number of fused-ring (bicyclic) bond motifs is 2. The predicted molar refractivity (Wildman–Crippen MR) is 151 cm³/mol. The highest BCUT2D eigenvalue weighted by Crippen LogP contribution is 2.43. The van der Waals surface area contributed by atoms with E-state index in [1.165, 1.54) is 24.1 Å². The number of anilines is 1. The van der Waals surface area contributed by atoms with Crippen LogP contribution in [0.25, 0.3) is 0 Å². The fourth-order valence-electron chi connectivity index (χ4n) is 7.29. The van der Waals surface area contributed by atoms with Gasteiger partial charge in [0.1, 0.15) is 5.69 Å². The molecular weight excluding hydrogens is 510 g/mol. The molecule has 2 aromatic heterocycles. The molecule has 1 aromatic carbocycles. The summed E-state index contributed by atoms with van der Waals surface area (Å²) in [4.78, 5) is 37.7. The molecule has 0 radical (unpaired) electrons. The van der Waals surface area contributed by atoms with Gasteiger partial charge in [-0.05, 0) is 85.4 Å². The van der Waals surface area contributed by atoms with Gasteiger partial charge in [0.2, 0.25) is 0 Å². The van der Waals surface area contributed by atoms with Crippen LogP contribution in [0.4, 0.5) is 5.69 Å². The number of rotatable bonds is 3. The van der Waals surface area contributed by atoms with Crippen LogP contribution in [0.1, 0.15) is 70.1 Å². The number of piperidine rings is 2. The number of hydrogen-bond acceptors (Lipinski definition) is 4. The number of aryl methyl sites for hydroxylation is 1. The number of halogens is 1. The Labute approximate surface area is 234 Å². The first-order valence-electron chi connectivity index (χ1n) is 14.2. The highest BCUT2D eigenvalue weighted by Gasteiger charge is 2.40. The zero-order chi connectivity index (χ0) is 26.6. The number of hydrogen-bond donors (Lipinski definition) is 0. The maximum absolute atomic E-state index is 13.6. The molecule has 0 bridgehead atoms. The number of nitrogens with zero attached hydrogens (tertiary/aromatic N) is 5. The number of benzene rings is 1. The Morgan fingerprint density at radius 3 is 2.54 bits per heavy atom. The average molecular weight is 544 g/mol. The van der Waals surface area contributed by atoms with Crippen molar-refractivity contribution >= 4 is 29.1 Å². The molecule has 1 atom stereocenters. The van der Waals surface area contributed by atoms with Gasteiger partial charge in [0.15, 0.2) is 0 Å². The van der Waals surface area contributed by atoms with E-state index in [9.17, 15) is 9.59 Å². The summed E-state index contributed by atoms with van der Waals surface area (Å²) in [5, 5.41) is 0.512. The summed E-state index contributed by atoms with van der Waals surface area (Å²) in [6.07, 6.45) is 11.9. The van der Waals surface area contributed by atoms with Crippen LogP contribution in [0.2, 0.25) is 5.02 Å². The lowest BCUT2D eigenvalue weighted by molar-refractivity contribution is 0.0515. The van der Waals surface area contributed by atoms with Crippen LogP contribution >= 0.6 is 11.6 Å². The normalized spacial score (nSPS) is 22.2. The second kappa shape index (κ2) is 9.70. The molecule has 1 spiro atoms. The Balaban J connectivity index is 1.02. The average Bonchev–Trinajstić information content (AvgIpc) is 3.57. The van der Waals surface area contributed by atoms with E-state index in [1.54, 1.807) is 6.07 Å². The summed E-state index contributed by atoms with van der Waals surface area (Å²) in [6, 6.07) is 12.1. The van der Waals surface area contributed by atoms with Gasteiger partial charge in [-0.15, -0.1) is 0 Å². The molecule has 1 unspecified atom stereocenters. The fraction of sp³-hybridized carbons (Fsp3) is 0.452. The van der Waals surface area contributed by atoms with Crippen LogP contribution in [-0.4, -0.2) is 63.9 Å². The van der Waals surface area contributed by atoms with Crippen molar-refractivity contribution in [3.63, 3.8) is 0 Å². The lowest BCUT2D eigenvalue weighted by Gasteiger charge is -2.47. The number of likely N-dealkylation sites (tertiary alicyclic amines) is 1. The van der Waals surface area contributed by atoms with E-state index in [2.05, 4.69) is 28.1 Å². The van der Waals surface area contributed by atoms with Gasteiger partial charge in [-0.3, -0.25) is 14.6 Å². The van der Waals surface area contributed by atoms with E-state index in [1.807, 2.05) is 45.1 Å². The molecule has 0 N–H and O–H groups in total. The Kier molecular flexibility index (Phi) is 6.14. The SMILES string of the molecule is O=C(c1ccc2c(c1)C(N1CCn3ccc(Cl)c3C1=O)CC2)N1CCC2(CC1)CCN(c1cccnc1)CC2. The first kappa shape index (κ1) is 24.7. The van der Waals surface area contributed by atoms with E-state index in [0.717, 1.165) is 69.5 Å². The maximum atomic E-state index is 13.6. The summed E-state index contributed by atoms with van der Waals surface area (Å²) in [5.41, 5.74) is 5.24. The standard InChI is InChI=1S/C31H34ClN5O2/c32-26-7-13-35-18-19-37(30(39)28(26)35)27-6-5-22-3-4-23(20-25(22)27)29(38)36-16-10-31(11-17-36)8-14-34(15-9-31)24-2-1-12-33-21-24/h1-4,7,12-13,20-21,27H,5-6,8-11,14-19H2. The zero-order valence-electron chi connectivity index (χ0n) is 22.2. The van der Waals surface area contributed by atoms with Gasteiger partial charge < -0.3 is 19.3 Å². The number of aromatic nitrogens is 2. The molecule has 3 aromatic rings. The van der Waals surface area contributed by atoms with Crippen molar-refractivity contribution in [2.75, 3.05) is 37.6 Å². The van der Waals surface area contributed by atoms with Gasteiger partial charge >= 0.3 is 0 Å². The molecule has 4 aliphatic rings. The number of pyridine rings is 1. The molecule has 1 aliphatic carbocycles. The topological polar surface area (TPSA) is 61.7 Å². The number of carbonyl (C=O) groups is 2. The molecule has 5 heterocycles. The van der Waals surface area contributed by atoms with E-state index in [4.69, 9.17) is 11.6 Å². The quantitative estimate of drug-likeness (QED) is 0.455. The van der Waals surface area contributed by atoms with Gasteiger partial charge in [0, 0.05) is 57.2 Å². The molecule has 2 saturated heterocycles. The maximum Gasteiger partial charge on any atom is 0.272 e. The van der Waals surface area contributed by atoms with E-state index < -0.39 is 0 Å². The number of amides is 2. The van der Waals surface area contributed by atoms with Crippen LogP contribution in [-0.2, 0) is 13.0 Å². The second-order valence-corrected chi connectivity index (χ2v) is 12.1. The van der Waals surface area contributed by atoms with Gasteiger partial charge in [-0.25, -0.2) is 0 Å². The van der Waals surface area contributed by atoms with Gasteiger partial charge in [-0.1, -0.05) is 17.7 Å². The van der Waals surface area contributed by atoms with Crippen molar-refractivity contribution < 1.29 is 9.59 Å². The molecule has 7 rings (SSSR count). The van der Waals surface area contributed by atoms with Gasteiger partial charge in [-0.2, -0.15) is 0 Å². The van der Waals surface area contributed by atoms with Crippen molar-refractivity contribution in [2.45, 2.75) is 51.1 Å². The van der Waals surface area contributed by atoms with E-state index in [-0.39, 0.29) is 17.9 Å². The van der Waals surface area contributed by atoms with Crippen molar-refractivity contribution in [1.82, 2.24) is 19.4 Å². The molecule has 8 heteroatoms. The van der Waals surface area contributed by atoms with Crippen LogP contribution < -0.4 is 4.90 Å². The van der Waals surface area contributed by atoms with Crippen molar-refractivity contribution in [3.8, 4) is 0 Å². The first-order chi connectivity index (χ1) is 19.0. The summed E-state index contributed by atoms with van der Waals surface area (Å²) in [6.45, 7) is 5.13. The second-order valence-electron chi connectivity index (χ2n) is 11.7. The Morgan fingerprint density at radius 1 is 0.974 bits per heavy atom. The molecule has 202 valence electrons. The lowest BCUT2D eigenvalue weighted by atomic mass is 9.71. The summed E-state index contributed by atoms with van der Waals surface area (Å²) < 4.78 is 1.95. The molecule has 7 nitrogen and oxygen atoms in total. The number of carbonyl (C=O) groups excluding carboxylic acids is 2. The van der Waals surface area contributed by atoms with Gasteiger partial charge in [0.05, 0.1) is 22.9 Å². The molecular formula is C31H34ClN5O2. The van der Waals surface area contributed by atoms with Crippen LogP contribution in [0, 0.1) is 5.41 Å². The minimum Gasteiger partial charge on any atom is -0.370 e. The third-order valence-electron chi connectivity index (χ3n) is 9.72. The fourth-order valence-corrected chi connectivity index (χ4v) is 7.54. The minimum atomic E-state index is -0.0123. The Hall–Kier alpha value is -3.32. The van der Waals surface area contributed by atoms with Crippen molar-refractivity contribution in [3.05, 3.63) is 82.4 Å². The molecule has 2 fully saturated rings. The van der Waals surface area contributed by atoms with Crippen molar-refractivity contribution in [2.24, 2.45) is 5.41 Å². The molecule has 2 amide bonds. The zero-order valence-corrected chi connectivity index (χ0v) is 22.9. The predicted octanol–water partition coefficient (Wildman–Crippen LogP) is 5.20. The Bertz CT molecular complexity index is 1400. The summed E-state index contributed by atoms with van der Waals surface area (Å²) in [5.74, 6) is 0.106. The minimum absolute atomic E-state index is 0.00501. The van der Waals surface area contributed by atoms with E-state index in [0.29, 0.717) is 22.7 Å². The summed E-state index contributed by atoms with van der Waals surface area (Å²) in [7, 11) is 0. The van der Waals surface area contributed by atoms with Crippen molar-refractivity contribution in [1.29, 1.82) is 0 Å². The third-order valence-corrected chi connectivity index (χ3v) is 10.0. The van der Waals surface area contributed by atoms with Gasteiger partial charge in [0.25, 0.3) is 11.8 Å². The molecule has 39 heavy (non-hydrogen) atoms. The monoisotopic (exact) mass is 543 g/mol. The highest BCUT2D eigenvalue weighted by atomic mass is 35.5. The molecule has 0 saturated carbocycles. The smallest absolute Gasteiger partial charge is 0.272 e.